The standard InChI is InChI=1S/C19H21N5O3/c1-4-6-22(3)19(26)14-11-15-17(21-14)23(8-9-27-15)13-5-7-24-16(10-13)20-12(2)18(24)25/h5,7,10-11H,4,6,8-9H2,1-3H3/p+1. The first-order valence-corrected chi connectivity index (χ1v) is 9.04. The van der Waals surface area contributed by atoms with Crippen LogP contribution < -0.4 is 14.3 Å². The lowest BCUT2D eigenvalue weighted by Crippen LogP contribution is -2.36. The van der Waals surface area contributed by atoms with Gasteiger partial charge in [-0.2, -0.15) is 4.67 Å². The molecule has 1 aromatic rings. The van der Waals surface area contributed by atoms with Crippen molar-refractivity contribution in [1.82, 2.24) is 19.5 Å². The number of hydrogen-bond donors (Lipinski definition) is 1. The van der Waals surface area contributed by atoms with Crippen LogP contribution in [-0.4, -0.2) is 64.9 Å². The summed E-state index contributed by atoms with van der Waals surface area (Å²) in [5, 5.41) is 0. The molecule has 3 aliphatic heterocycles. The normalized spacial score (nSPS) is 17.7. The molecule has 0 aliphatic carbocycles. The van der Waals surface area contributed by atoms with Crippen molar-refractivity contribution in [3.05, 3.63) is 35.8 Å². The predicted molar refractivity (Wildman–Crippen MR) is 103 cm³/mol. The number of fused-ring (bicyclic) bond motifs is 2. The van der Waals surface area contributed by atoms with Crippen molar-refractivity contribution in [1.29, 1.82) is 0 Å². The third kappa shape index (κ3) is 2.84. The van der Waals surface area contributed by atoms with Gasteiger partial charge < -0.3 is 19.5 Å². The molecule has 0 aromatic carbocycles. The number of nitrogens with zero attached hydrogens (tertiary/aromatic N) is 4. The Kier molecular flexibility index (Phi) is 4.12. The van der Waals surface area contributed by atoms with Gasteiger partial charge in [0.05, 0.1) is 18.3 Å². The Morgan fingerprint density at radius 1 is 1.44 bits per heavy atom. The lowest BCUT2D eigenvalue weighted by atomic mass is 10.2. The number of amides is 2. The van der Waals surface area contributed by atoms with Crippen molar-refractivity contribution in [2.45, 2.75) is 20.3 Å². The number of rotatable bonds is 4. The molecule has 0 saturated heterocycles. The zero-order valence-electron chi connectivity index (χ0n) is 15.7. The summed E-state index contributed by atoms with van der Waals surface area (Å²) in [5.41, 5.74) is 1.86. The van der Waals surface area contributed by atoms with E-state index in [1.54, 1.807) is 31.1 Å². The van der Waals surface area contributed by atoms with E-state index in [4.69, 9.17) is 4.74 Å². The first kappa shape index (κ1) is 17.2. The molecule has 0 saturated carbocycles. The van der Waals surface area contributed by atoms with E-state index in [1.807, 2.05) is 24.0 Å². The second-order valence-corrected chi connectivity index (χ2v) is 6.74. The van der Waals surface area contributed by atoms with Crippen LogP contribution in [0.25, 0.3) is 0 Å². The predicted octanol–water partition coefficient (Wildman–Crippen LogP) is 0.875. The van der Waals surface area contributed by atoms with Gasteiger partial charge in [-0.3, -0.25) is 4.79 Å². The summed E-state index contributed by atoms with van der Waals surface area (Å²) in [6.07, 6.45) is 6.37. The van der Waals surface area contributed by atoms with Gasteiger partial charge in [0.1, 0.15) is 18.5 Å². The van der Waals surface area contributed by atoms with Crippen LogP contribution in [0.3, 0.4) is 0 Å². The fraction of sp³-hybridized carbons (Fsp3) is 0.368. The number of amidine groups is 1. The van der Waals surface area contributed by atoms with Crippen LogP contribution in [0.4, 0.5) is 5.82 Å². The fourth-order valence-corrected chi connectivity index (χ4v) is 3.41. The summed E-state index contributed by atoms with van der Waals surface area (Å²) in [6.45, 7) is 5.58. The topological polar surface area (TPSA) is 83.0 Å². The third-order valence-corrected chi connectivity index (χ3v) is 4.78. The van der Waals surface area contributed by atoms with Gasteiger partial charge in [0.15, 0.2) is 11.6 Å². The molecule has 140 valence electrons. The Morgan fingerprint density at radius 2 is 2.26 bits per heavy atom. The van der Waals surface area contributed by atoms with Gasteiger partial charge in [0.2, 0.25) is 0 Å². The van der Waals surface area contributed by atoms with Crippen molar-refractivity contribution >= 4 is 29.2 Å². The number of allylic oxidation sites excluding steroid dienone is 1. The van der Waals surface area contributed by atoms with Gasteiger partial charge in [0, 0.05) is 32.7 Å². The van der Waals surface area contributed by atoms with Gasteiger partial charge in [-0.25, -0.2) is 4.79 Å². The van der Waals surface area contributed by atoms with Gasteiger partial charge in [-0.1, -0.05) is 6.92 Å². The monoisotopic (exact) mass is 368 g/mol. The highest BCUT2D eigenvalue weighted by Crippen LogP contribution is 2.35. The molecule has 0 radical (unpaired) electrons. The van der Waals surface area contributed by atoms with Crippen LogP contribution in [0.15, 0.2) is 30.1 Å². The number of aromatic nitrogens is 1. The average molecular weight is 368 g/mol. The second kappa shape index (κ2) is 6.48. The molecule has 8 heteroatoms. The van der Waals surface area contributed by atoms with E-state index >= 15 is 0 Å². The number of hydrogen-bond acceptors (Lipinski definition) is 4. The maximum atomic E-state index is 12.6. The molecule has 2 amide bonds. The first-order valence-electron chi connectivity index (χ1n) is 9.04. The van der Waals surface area contributed by atoms with Crippen LogP contribution in [0, 0.1) is 0 Å². The van der Waals surface area contributed by atoms with Crippen molar-refractivity contribution in [3.8, 4) is 5.75 Å². The number of nitrogens with one attached hydrogen (secondary N) is 1. The molecule has 0 fully saturated rings. The third-order valence-electron chi connectivity index (χ3n) is 4.78. The van der Waals surface area contributed by atoms with Crippen LogP contribution in [0.2, 0.25) is 0 Å². The largest absolute Gasteiger partial charge is 0.488 e. The fourth-order valence-electron chi connectivity index (χ4n) is 3.41. The van der Waals surface area contributed by atoms with Crippen molar-refractivity contribution in [3.63, 3.8) is 0 Å². The number of carbonyl (C=O) groups excluding carboxylic acids is 2. The molecule has 1 aromatic heterocycles. The quantitative estimate of drug-likeness (QED) is 0.800. The Labute approximate surface area is 157 Å². The molecule has 0 atom stereocenters. The maximum absolute atomic E-state index is 12.6. The molecule has 0 spiro atoms. The zero-order valence-corrected chi connectivity index (χ0v) is 15.7. The summed E-state index contributed by atoms with van der Waals surface area (Å²) < 4.78 is 10.1. The summed E-state index contributed by atoms with van der Waals surface area (Å²) in [5.74, 6) is 1.83. The average Bonchev–Trinajstić information content (AvgIpc) is 3.22. The number of anilines is 1. The SMILES string of the molecule is CCCN(C)C(=O)c1cc2c([nH]1)N(C1=CC3=[N+]=C(C)C(=O)N3C=C1)CCO2. The Balaban J connectivity index is 1.65. The summed E-state index contributed by atoms with van der Waals surface area (Å²) in [4.78, 5) is 33.1. The number of H-pyrrole nitrogens is 1. The lowest BCUT2D eigenvalue weighted by Gasteiger charge is -2.29. The minimum atomic E-state index is -0.106. The minimum absolute atomic E-state index is 0.0647. The van der Waals surface area contributed by atoms with Gasteiger partial charge in [-0.15, -0.1) is 4.90 Å². The van der Waals surface area contributed by atoms with E-state index in [1.165, 1.54) is 4.90 Å². The van der Waals surface area contributed by atoms with E-state index in [0.717, 1.165) is 17.9 Å². The number of carbonyl (C=O) groups is 2. The van der Waals surface area contributed by atoms with Crippen LogP contribution >= 0.6 is 0 Å². The molecule has 0 unspecified atom stereocenters. The molecule has 3 aliphatic rings. The van der Waals surface area contributed by atoms with Crippen molar-refractivity contribution < 1.29 is 14.3 Å². The van der Waals surface area contributed by atoms with Crippen LogP contribution in [0.1, 0.15) is 30.8 Å². The second-order valence-electron chi connectivity index (χ2n) is 6.74. The highest BCUT2D eigenvalue weighted by molar-refractivity contribution is 6.44. The Morgan fingerprint density at radius 3 is 3.04 bits per heavy atom. The first-order chi connectivity index (χ1) is 13.0. The lowest BCUT2D eigenvalue weighted by molar-refractivity contribution is -0.118. The maximum Gasteiger partial charge on any atom is 0.398 e. The molecule has 27 heavy (non-hydrogen) atoms. The highest BCUT2D eigenvalue weighted by Gasteiger charge is 2.39. The molecular formula is C19H22N5O3+. The highest BCUT2D eigenvalue weighted by atomic mass is 16.5. The van der Waals surface area contributed by atoms with Crippen LogP contribution in [-0.2, 0) is 4.79 Å². The smallest absolute Gasteiger partial charge is 0.398 e. The minimum Gasteiger partial charge on any atom is -0.488 e. The molecule has 0 bridgehead atoms. The molecule has 8 nitrogen and oxygen atoms in total. The summed E-state index contributed by atoms with van der Waals surface area (Å²) in [6, 6.07) is 1.75. The molecule has 1 N–H and O–H groups in total. The van der Waals surface area contributed by atoms with E-state index in [9.17, 15) is 9.59 Å². The van der Waals surface area contributed by atoms with Gasteiger partial charge >= 0.3 is 11.7 Å². The molecule has 4 heterocycles. The summed E-state index contributed by atoms with van der Waals surface area (Å²) in [7, 11) is 1.79. The van der Waals surface area contributed by atoms with Crippen molar-refractivity contribution in [2.75, 3.05) is 31.6 Å². The van der Waals surface area contributed by atoms with E-state index in [0.29, 0.717) is 42.7 Å². The van der Waals surface area contributed by atoms with Crippen molar-refractivity contribution in [2.24, 2.45) is 0 Å². The van der Waals surface area contributed by atoms with Gasteiger partial charge in [-0.05, 0) is 6.42 Å². The molecular weight excluding hydrogens is 346 g/mol. The number of aromatic amines is 1. The summed E-state index contributed by atoms with van der Waals surface area (Å²) >= 11 is 0. The van der Waals surface area contributed by atoms with Crippen LogP contribution in [0.5, 0.6) is 5.75 Å². The van der Waals surface area contributed by atoms with Gasteiger partial charge in [0.25, 0.3) is 11.6 Å². The van der Waals surface area contributed by atoms with E-state index in [-0.39, 0.29) is 11.8 Å². The number of ether oxygens (including phenoxy) is 1. The van der Waals surface area contributed by atoms with E-state index < -0.39 is 0 Å². The zero-order chi connectivity index (χ0) is 19.1. The Hall–Kier alpha value is -3.25. The Bertz CT molecular complexity index is 949. The van der Waals surface area contributed by atoms with E-state index in [2.05, 4.69) is 9.65 Å². The molecule has 4 rings (SSSR count).